The fourth-order valence-corrected chi connectivity index (χ4v) is 3.27. The van der Waals surface area contributed by atoms with Crippen LogP contribution in [0.5, 0.6) is 11.5 Å². The lowest BCUT2D eigenvalue weighted by atomic mass is 10.2. The maximum atomic E-state index is 12.7. The third-order valence-electron chi connectivity index (χ3n) is 4.41. The average Bonchev–Trinajstić information content (AvgIpc) is 3.10. The van der Waals surface area contributed by atoms with Crippen molar-refractivity contribution in [3.8, 4) is 11.5 Å². The predicted molar refractivity (Wildman–Crippen MR) is 113 cm³/mol. The van der Waals surface area contributed by atoms with Gasteiger partial charge in [-0.3, -0.25) is 9.78 Å². The van der Waals surface area contributed by atoms with Crippen LogP contribution in [0, 0.1) is 0 Å². The number of carbonyl (C=O) groups excluding carboxylic acids is 1. The number of rotatable bonds is 6. The molecule has 0 radical (unpaired) electrons. The van der Waals surface area contributed by atoms with Gasteiger partial charge in [-0.15, -0.1) is 0 Å². The van der Waals surface area contributed by atoms with Crippen LogP contribution in [0.15, 0.2) is 67.0 Å². The number of halogens is 1. The summed E-state index contributed by atoms with van der Waals surface area (Å²) in [5.41, 5.74) is 2.60. The molecule has 2 N–H and O–H groups in total. The molecule has 4 rings (SSSR count). The molecule has 0 atom stereocenters. The van der Waals surface area contributed by atoms with E-state index in [2.05, 4.69) is 15.3 Å². The lowest BCUT2D eigenvalue weighted by Crippen LogP contribution is -2.13. The highest BCUT2D eigenvalue weighted by atomic mass is 35.5. The van der Waals surface area contributed by atoms with E-state index in [0.717, 1.165) is 16.5 Å². The number of ether oxygens (including phenoxy) is 2. The SMILES string of the molecule is COc1ccc(NC(=O)c2[nH]c3ccccc3c2Cl)cc1OCc1cccnc1. The van der Waals surface area contributed by atoms with E-state index in [9.17, 15) is 4.79 Å². The number of carbonyl (C=O) groups is 1. The number of aromatic amines is 1. The highest BCUT2D eigenvalue weighted by molar-refractivity contribution is 6.39. The van der Waals surface area contributed by atoms with Gasteiger partial charge in [-0.2, -0.15) is 0 Å². The lowest BCUT2D eigenvalue weighted by molar-refractivity contribution is 0.102. The van der Waals surface area contributed by atoms with Gasteiger partial charge in [0.05, 0.1) is 12.1 Å². The first kappa shape index (κ1) is 18.8. The van der Waals surface area contributed by atoms with Crippen LogP contribution in [0.3, 0.4) is 0 Å². The number of benzene rings is 2. The third kappa shape index (κ3) is 4.02. The molecule has 4 aromatic rings. The van der Waals surface area contributed by atoms with Gasteiger partial charge in [0, 0.05) is 40.6 Å². The summed E-state index contributed by atoms with van der Waals surface area (Å²) in [4.78, 5) is 19.9. The molecule has 0 saturated heterocycles. The van der Waals surface area contributed by atoms with E-state index < -0.39 is 0 Å². The first-order valence-electron chi connectivity index (χ1n) is 8.93. The van der Waals surface area contributed by atoms with Gasteiger partial charge in [-0.25, -0.2) is 0 Å². The number of hydrogen-bond donors (Lipinski definition) is 2. The topological polar surface area (TPSA) is 76.2 Å². The molecule has 2 heterocycles. The average molecular weight is 408 g/mol. The number of aromatic nitrogens is 2. The fourth-order valence-electron chi connectivity index (χ4n) is 2.97. The van der Waals surface area contributed by atoms with Gasteiger partial charge in [0.25, 0.3) is 5.91 Å². The minimum absolute atomic E-state index is 0.307. The van der Waals surface area contributed by atoms with Crippen molar-refractivity contribution in [2.24, 2.45) is 0 Å². The van der Waals surface area contributed by atoms with Crippen molar-refractivity contribution in [2.45, 2.75) is 6.61 Å². The summed E-state index contributed by atoms with van der Waals surface area (Å²) < 4.78 is 11.2. The zero-order valence-corrected chi connectivity index (χ0v) is 16.4. The number of nitrogens with one attached hydrogen (secondary N) is 2. The highest BCUT2D eigenvalue weighted by Crippen LogP contribution is 2.32. The minimum Gasteiger partial charge on any atom is -0.493 e. The Morgan fingerprint density at radius 1 is 1.14 bits per heavy atom. The van der Waals surface area contributed by atoms with Crippen LogP contribution in [-0.2, 0) is 6.61 Å². The summed E-state index contributed by atoms with van der Waals surface area (Å²) in [6.45, 7) is 0.329. The number of nitrogens with zero attached hydrogens (tertiary/aromatic N) is 1. The van der Waals surface area contributed by atoms with Gasteiger partial charge in [-0.05, 0) is 24.3 Å². The summed E-state index contributed by atoms with van der Waals surface area (Å²) in [7, 11) is 1.56. The quantitative estimate of drug-likeness (QED) is 0.468. The second-order valence-electron chi connectivity index (χ2n) is 6.33. The van der Waals surface area contributed by atoms with Crippen molar-refractivity contribution >= 4 is 34.1 Å². The van der Waals surface area contributed by atoms with Crippen molar-refractivity contribution in [1.82, 2.24) is 9.97 Å². The van der Waals surface area contributed by atoms with E-state index in [1.807, 2.05) is 36.4 Å². The number of amides is 1. The molecule has 0 aliphatic heterocycles. The Morgan fingerprint density at radius 2 is 2.00 bits per heavy atom. The molecule has 2 aromatic carbocycles. The summed E-state index contributed by atoms with van der Waals surface area (Å²) in [6.07, 6.45) is 3.44. The Bertz CT molecular complexity index is 1160. The molecule has 0 aliphatic rings. The second-order valence-corrected chi connectivity index (χ2v) is 6.71. The maximum absolute atomic E-state index is 12.7. The molecule has 1 amide bonds. The van der Waals surface area contributed by atoms with E-state index in [0.29, 0.717) is 34.5 Å². The van der Waals surface area contributed by atoms with Crippen molar-refractivity contribution < 1.29 is 14.3 Å². The number of H-pyrrole nitrogens is 1. The molecule has 0 spiro atoms. The number of methoxy groups -OCH3 is 1. The standard InChI is InChI=1S/C22H18ClN3O3/c1-28-18-9-8-15(11-19(18)29-13-14-5-4-10-24-12-14)25-22(27)21-20(23)16-6-2-3-7-17(16)26-21/h2-12,26H,13H2,1H3,(H,25,27). The zero-order chi connectivity index (χ0) is 20.2. The van der Waals surface area contributed by atoms with E-state index in [1.165, 1.54) is 0 Å². The number of hydrogen-bond acceptors (Lipinski definition) is 4. The molecule has 146 valence electrons. The molecule has 7 heteroatoms. The minimum atomic E-state index is -0.338. The first-order valence-corrected chi connectivity index (χ1v) is 9.31. The normalized spacial score (nSPS) is 10.7. The van der Waals surface area contributed by atoms with Crippen LogP contribution < -0.4 is 14.8 Å². The number of anilines is 1. The van der Waals surface area contributed by atoms with Crippen LogP contribution >= 0.6 is 11.6 Å². The predicted octanol–water partition coefficient (Wildman–Crippen LogP) is 5.06. The van der Waals surface area contributed by atoms with Crippen LogP contribution in [0.25, 0.3) is 10.9 Å². The molecule has 0 fully saturated rings. The van der Waals surface area contributed by atoms with Gasteiger partial charge >= 0.3 is 0 Å². The Balaban J connectivity index is 1.55. The van der Waals surface area contributed by atoms with Crippen LogP contribution in [-0.4, -0.2) is 23.0 Å². The zero-order valence-electron chi connectivity index (χ0n) is 15.6. The Morgan fingerprint density at radius 3 is 2.76 bits per heavy atom. The highest BCUT2D eigenvalue weighted by Gasteiger charge is 2.17. The van der Waals surface area contributed by atoms with Crippen LogP contribution in [0.4, 0.5) is 5.69 Å². The largest absolute Gasteiger partial charge is 0.493 e. The Labute approximate surface area is 172 Å². The molecule has 0 unspecified atom stereocenters. The molecular weight excluding hydrogens is 390 g/mol. The molecular formula is C22H18ClN3O3. The summed E-state index contributed by atoms with van der Waals surface area (Å²) in [5, 5.41) is 4.04. The molecule has 0 saturated carbocycles. The maximum Gasteiger partial charge on any atom is 0.273 e. The van der Waals surface area contributed by atoms with E-state index in [-0.39, 0.29) is 5.91 Å². The first-order chi connectivity index (χ1) is 14.2. The molecule has 29 heavy (non-hydrogen) atoms. The van der Waals surface area contributed by atoms with Gasteiger partial charge in [-0.1, -0.05) is 35.9 Å². The van der Waals surface area contributed by atoms with Gasteiger partial charge < -0.3 is 19.8 Å². The Kier molecular flexibility index (Phi) is 5.35. The van der Waals surface area contributed by atoms with Gasteiger partial charge in [0.15, 0.2) is 11.5 Å². The molecule has 2 aromatic heterocycles. The molecule has 0 bridgehead atoms. The van der Waals surface area contributed by atoms with Crippen LogP contribution in [0.2, 0.25) is 5.02 Å². The van der Waals surface area contributed by atoms with Crippen molar-refractivity contribution in [2.75, 3.05) is 12.4 Å². The monoisotopic (exact) mass is 407 g/mol. The van der Waals surface area contributed by atoms with E-state index >= 15 is 0 Å². The second kappa shape index (κ2) is 8.24. The molecule has 0 aliphatic carbocycles. The van der Waals surface area contributed by atoms with Crippen molar-refractivity contribution in [3.63, 3.8) is 0 Å². The number of para-hydroxylation sites is 1. The van der Waals surface area contributed by atoms with E-state index in [1.54, 1.807) is 37.7 Å². The van der Waals surface area contributed by atoms with E-state index in [4.69, 9.17) is 21.1 Å². The Hall–Kier alpha value is -3.51. The number of pyridine rings is 1. The van der Waals surface area contributed by atoms with Gasteiger partial charge in [0.1, 0.15) is 12.3 Å². The molecule has 6 nitrogen and oxygen atoms in total. The van der Waals surface area contributed by atoms with Crippen LogP contribution in [0.1, 0.15) is 16.1 Å². The van der Waals surface area contributed by atoms with Crippen molar-refractivity contribution in [1.29, 1.82) is 0 Å². The van der Waals surface area contributed by atoms with Crippen molar-refractivity contribution in [3.05, 3.63) is 83.3 Å². The smallest absolute Gasteiger partial charge is 0.273 e. The fraction of sp³-hybridized carbons (Fsp3) is 0.0909. The number of fused-ring (bicyclic) bond motifs is 1. The lowest BCUT2D eigenvalue weighted by Gasteiger charge is -2.13. The summed E-state index contributed by atoms with van der Waals surface area (Å²) in [6, 6.07) is 16.4. The summed E-state index contributed by atoms with van der Waals surface area (Å²) >= 11 is 6.37. The summed E-state index contributed by atoms with van der Waals surface area (Å²) in [5.74, 6) is 0.738. The third-order valence-corrected chi connectivity index (χ3v) is 4.80. The van der Waals surface area contributed by atoms with Gasteiger partial charge in [0.2, 0.25) is 0 Å².